The molecule has 1 rings (SSSR count). The largest absolute Gasteiger partial charge is 0.522 e. The van der Waals surface area contributed by atoms with Gasteiger partial charge >= 0.3 is 6.36 Å². The Morgan fingerprint density at radius 1 is 1.40 bits per heavy atom. The SMILES string of the molecule is O=S(=O)(Cl)N1CCCC(OC(F)(F)F)C1. The van der Waals surface area contributed by atoms with Gasteiger partial charge in [0.05, 0.1) is 6.10 Å². The molecule has 1 heterocycles. The van der Waals surface area contributed by atoms with E-state index < -0.39 is 21.7 Å². The molecule has 1 aliphatic rings. The van der Waals surface area contributed by atoms with Crippen LogP contribution in [0.1, 0.15) is 12.8 Å². The van der Waals surface area contributed by atoms with Gasteiger partial charge in [-0.15, -0.1) is 13.2 Å². The fraction of sp³-hybridized carbons (Fsp3) is 1.00. The van der Waals surface area contributed by atoms with Crippen molar-refractivity contribution in [1.82, 2.24) is 4.31 Å². The van der Waals surface area contributed by atoms with Gasteiger partial charge in [0.2, 0.25) is 0 Å². The van der Waals surface area contributed by atoms with E-state index in [-0.39, 0.29) is 19.5 Å². The van der Waals surface area contributed by atoms with Crippen molar-refractivity contribution in [3.05, 3.63) is 0 Å². The molecule has 1 saturated heterocycles. The van der Waals surface area contributed by atoms with Crippen molar-refractivity contribution < 1.29 is 26.3 Å². The fourth-order valence-corrected chi connectivity index (χ4v) is 2.46. The number of rotatable bonds is 2. The van der Waals surface area contributed by atoms with Crippen molar-refractivity contribution in [2.45, 2.75) is 25.3 Å². The predicted octanol–water partition coefficient (Wildman–Crippen LogP) is 1.47. The molecule has 4 nitrogen and oxygen atoms in total. The Bertz CT molecular complexity index is 318. The number of hydrogen-bond donors (Lipinski definition) is 0. The lowest BCUT2D eigenvalue weighted by atomic mass is 10.1. The number of halogens is 4. The highest BCUT2D eigenvalue weighted by Crippen LogP contribution is 2.25. The Morgan fingerprint density at radius 2 is 2.00 bits per heavy atom. The molecule has 1 fully saturated rings. The van der Waals surface area contributed by atoms with E-state index in [0.29, 0.717) is 6.42 Å². The second-order valence-electron chi connectivity index (χ2n) is 3.13. The van der Waals surface area contributed by atoms with Crippen LogP contribution in [0.3, 0.4) is 0 Å². The highest BCUT2D eigenvalue weighted by Gasteiger charge is 2.37. The number of ether oxygens (including phenoxy) is 1. The molecule has 1 aliphatic heterocycles. The van der Waals surface area contributed by atoms with E-state index >= 15 is 0 Å². The Labute approximate surface area is 89.5 Å². The minimum absolute atomic E-state index is 0.129. The molecule has 1 unspecified atom stereocenters. The number of hydrogen-bond acceptors (Lipinski definition) is 3. The summed E-state index contributed by atoms with van der Waals surface area (Å²) in [7, 11) is 1.05. The van der Waals surface area contributed by atoms with Crippen LogP contribution in [0.4, 0.5) is 13.2 Å². The second-order valence-corrected chi connectivity index (χ2v) is 5.64. The lowest BCUT2D eigenvalue weighted by Crippen LogP contribution is -2.43. The maximum absolute atomic E-state index is 11.8. The molecule has 0 radical (unpaired) electrons. The van der Waals surface area contributed by atoms with Crippen LogP contribution in [0, 0.1) is 0 Å². The zero-order valence-corrected chi connectivity index (χ0v) is 9.07. The van der Waals surface area contributed by atoms with Crippen molar-refractivity contribution in [1.29, 1.82) is 0 Å². The summed E-state index contributed by atoms with van der Waals surface area (Å²) in [6, 6.07) is 0. The van der Waals surface area contributed by atoms with Crippen LogP contribution in [0.15, 0.2) is 0 Å². The van der Waals surface area contributed by atoms with Crippen LogP contribution in [0.25, 0.3) is 0 Å². The number of nitrogens with zero attached hydrogens (tertiary/aromatic N) is 1. The summed E-state index contributed by atoms with van der Waals surface area (Å²) in [6.07, 6.45) is -5.45. The fourth-order valence-electron chi connectivity index (χ4n) is 1.39. The van der Waals surface area contributed by atoms with E-state index in [4.69, 9.17) is 10.7 Å². The first-order valence-electron chi connectivity index (χ1n) is 4.13. The Balaban J connectivity index is 2.57. The van der Waals surface area contributed by atoms with E-state index in [1.165, 1.54) is 0 Å². The maximum Gasteiger partial charge on any atom is 0.522 e. The zero-order valence-electron chi connectivity index (χ0n) is 7.50. The first kappa shape index (κ1) is 13.0. The smallest absolute Gasteiger partial charge is 0.287 e. The van der Waals surface area contributed by atoms with E-state index in [0.717, 1.165) is 4.31 Å². The first-order valence-corrected chi connectivity index (χ1v) is 6.39. The van der Waals surface area contributed by atoms with Crippen LogP contribution in [0.2, 0.25) is 0 Å². The highest BCUT2D eigenvalue weighted by atomic mass is 35.7. The van der Waals surface area contributed by atoms with Crippen molar-refractivity contribution in [2.24, 2.45) is 0 Å². The molecule has 0 saturated carbocycles. The van der Waals surface area contributed by atoms with Crippen molar-refractivity contribution in [3.63, 3.8) is 0 Å². The summed E-state index contributed by atoms with van der Waals surface area (Å²) in [6.45, 7) is -0.227. The monoisotopic (exact) mass is 267 g/mol. The summed E-state index contributed by atoms with van der Waals surface area (Å²) in [4.78, 5) is 0. The van der Waals surface area contributed by atoms with Gasteiger partial charge in [0.25, 0.3) is 9.24 Å². The van der Waals surface area contributed by atoms with Gasteiger partial charge in [-0.1, -0.05) is 0 Å². The van der Waals surface area contributed by atoms with Crippen LogP contribution >= 0.6 is 10.7 Å². The summed E-state index contributed by atoms with van der Waals surface area (Å²) in [5.41, 5.74) is 0. The van der Waals surface area contributed by atoms with E-state index in [2.05, 4.69) is 4.74 Å². The summed E-state index contributed by atoms with van der Waals surface area (Å²) >= 11 is 0. The van der Waals surface area contributed by atoms with Crippen LogP contribution in [-0.4, -0.2) is 38.3 Å². The third kappa shape index (κ3) is 4.54. The first-order chi connectivity index (χ1) is 6.68. The Morgan fingerprint density at radius 3 is 2.47 bits per heavy atom. The van der Waals surface area contributed by atoms with Crippen molar-refractivity contribution >= 4 is 19.9 Å². The average molecular weight is 268 g/mol. The molecular formula is C6H9ClF3NO3S. The van der Waals surface area contributed by atoms with Gasteiger partial charge in [0.15, 0.2) is 0 Å². The van der Waals surface area contributed by atoms with Crippen LogP contribution in [0.5, 0.6) is 0 Å². The topological polar surface area (TPSA) is 46.6 Å². The van der Waals surface area contributed by atoms with E-state index in [1.54, 1.807) is 0 Å². The van der Waals surface area contributed by atoms with Gasteiger partial charge in [-0.25, -0.2) is 0 Å². The molecular weight excluding hydrogens is 259 g/mol. The molecule has 0 aromatic carbocycles. The summed E-state index contributed by atoms with van der Waals surface area (Å²) < 4.78 is 61.7. The van der Waals surface area contributed by atoms with Gasteiger partial charge in [-0.2, -0.15) is 12.7 Å². The molecule has 0 spiro atoms. The summed E-state index contributed by atoms with van der Waals surface area (Å²) in [5, 5.41) is 0. The van der Waals surface area contributed by atoms with Gasteiger partial charge in [-0.05, 0) is 12.8 Å². The third-order valence-corrected chi connectivity index (χ3v) is 3.48. The molecule has 0 aromatic rings. The highest BCUT2D eigenvalue weighted by molar-refractivity contribution is 8.11. The zero-order chi connectivity index (χ0) is 11.7. The van der Waals surface area contributed by atoms with Crippen LogP contribution < -0.4 is 0 Å². The maximum atomic E-state index is 11.8. The third-order valence-electron chi connectivity index (χ3n) is 1.95. The molecule has 0 amide bonds. The molecule has 9 heteroatoms. The van der Waals surface area contributed by atoms with E-state index in [9.17, 15) is 21.6 Å². The average Bonchev–Trinajstić information content (AvgIpc) is 1.99. The standard InChI is InChI=1S/C6H9ClF3NO3S/c7-15(12,13)11-3-1-2-5(4-11)14-6(8,9)10/h5H,1-4H2. The lowest BCUT2D eigenvalue weighted by molar-refractivity contribution is -0.344. The van der Waals surface area contributed by atoms with Gasteiger partial charge in [0.1, 0.15) is 0 Å². The molecule has 1 atom stereocenters. The Kier molecular flexibility index (Phi) is 3.85. The normalized spacial score (nSPS) is 25.5. The van der Waals surface area contributed by atoms with Crippen molar-refractivity contribution in [3.8, 4) is 0 Å². The minimum Gasteiger partial charge on any atom is -0.287 e. The van der Waals surface area contributed by atoms with Crippen molar-refractivity contribution in [2.75, 3.05) is 13.1 Å². The Hall–Kier alpha value is -0.0500. The number of piperidine rings is 1. The number of alkyl halides is 3. The lowest BCUT2D eigenvalue weighted by Gasteiger charge is -2.30. The second kappa shape index (κ2) is 4.44. The molecule has 0 aliphatic carbocycles. The van der Waals surface area contributed by atoms with Gasteiger partial charge in [0, 0.05) is 23.8 Å². The molecule has 0 bridgehead atoms. The quantitative estimate of drug-likeness (QED) is 0.712. The van der Waals surface area contributed by atoms with E-state index in [1.807, 2.05) is 0 Å². The van der Waals surface area contributed by atoms with Gasteiger partial charge < -0.3 is 0 Å². The molecule has 0 aromatic heterocycles. The minimum atomic E-state index is -4.75. The molecule has 90 valence electrons. The molecule has 15 heavy (non-hydrogen) atoms. The molecule has 0 N–H and O–H groups in total. The van der Waals surface area contributed by atoms with Crippen LogP contribution in [-0.2, 0) is 14.0 Å². The predicted molar refractivity (Wildman–Crippen MR) is 46.5 cm³/mol. The summed E-state index contributed by atoms with van der Waals surface area (Å²) in [5.74, 6) is 0. The van der Waals surface area contributed by atoms with Gasteiger partial charge in [-0.3, -0.25) is 4.74 Å².